The van der Waals surface area contributed by atoms with E-state index in [4.69, 9.17) is 4.74 Å². The second-order valence-corrected chi connectivity index (χ2v) is 6.36. The highest BCUT2D eigenvalue weighted by Gasteiger charge is 2.22. The molecule has 0 saturated carbocycles. The molecule has 0 unspecified atom stereocenters. The molecule has 1 amide bonds. The predicted molar refractivity (Wildman–Crippen MR) is 111 cm³/mol. The first kappa shape index (κ1) is 18.4. The maximum Gasteiger partial charge on any atom is 0.343 e. The molecule has 4 rings (SSSR count). The second-order valence-electron chi connectivity index (χ2n) is 6.36. The number of aromatic nitrogens is 2. The second kappa shape index (κ2) is 7.98. The molecule has 0 atom stereocenters. The van der Waals surface area contributed by atoms with E-state index in [1.165, 1.54) is 10.9 Å². The van der Waals surface area contributed by atoms with Gasteiger partial charge in [0.05, 0.1) is 18.5 Å². The highest BCUT2D eigenvalue weighted by Crippen LogP contribution is 2.24. The average Bonchev–Trinajstić information content (AvgIpc) is 3.17. The number of ether oxygens (including phenoxy) is 1. The molecule has 1 heterocycles. The SMILES string of the molecule is CCOC(=O)c1cnn(-c2ccccc2)c1NC(=O)c1cccc2ccccc12. The topological polar surface area (TPSA) is 73.2 Å². The van der Waals surface area contributed by atoms with Crippen molar-refractivity contribution in [3.8, 4) is 5.69 Å². The van der Waals surface area contributed by atoms with Crippen molar-refractivity contribution in [3.05, 3.63) is 90.1 Å². The van der Waals surface area contributed by atoms with E-state index in [2.05, 4.69) is 10.4 Å². The van der Waals surface area contributed by atoms with Crippen molar-refractivity contribution in [3.63, 3.8) is 0 Å². The van der Waals surface area contributed by atoms with Crippen molar-refractivity contribution in [1.29, 1.82) is 0 Å². The van der Waals surface area contributed by atoms with Crippen molar-refractivity contribution in [1.82, 2.24) is 9.78 Å². The van der Waals surface area contributed by atoms with Gasteiger partial charge in [-0.15, -0.1) is 0 Å². The number of amides is 1. The van der Waals surface area contributed by atoms with Crippen LogP contribution in [0, 0.1) is 0 Å². The van der Waals surface area contributed by atoms with Crippen LogP contribution in [0.2, 0.25) is 0 Å². The van der Waals surface area contributed by atoms with Crippen molar-refractivity contribution in [2.75, 3.05) is 11.9 Å². The molecule has 29 heavy (non-hydrogen) atoms. The third kappa shape index (κ3) is 3.60. The van der Waals surface area contributed by atoms with Crippen LogP contribution >= 0.6 is 0 Å². The summed E-state index contributed by atoms with van der Waals surface area (Å²) in [6, 6.07) is 22.5. The minimum Gasteiger partial charge on any atom is -0.462 e. The molecule has 0 aliphatic heterocycles. The Morgan fingerprint density at radius 2 is 1.66 bits per heavy atom. The Kier molecular flexibility index (Phi) is 5.07. The summed E-state index contributed by atoms with van der Waals surface area (Å²) in [5.41, 5.74) is 1.43. The molecule has 1 N–H and O–H groups in total. The number of nitrogens with one attached hydrogen (secondary N) is 1. The summed E-state index contributed by atoms with van der Waals surface area (Å²) in [6.45, 7) is 1.96. The Balaban J connectivity index is 1.78. The molecule has 6 heteroatoms. The third-order valence-corrected chi connectivity index (χ3v) is 4.53. The lowest BCUT2D eigenvalue weighted by atomic mass is 10.0. The summed E-state index contributed by atoms with van der Waals surface area (Å²) in [5, 5.41) is 8.96. The van der Waals surface area contributed by atoms with Crippen molar-refractivity contribution in [2.45, 2.75) is 6.92 Å². The van der Waals surface area contributed by atoms with Crippen LogP contribution in [0.3, 0.4) is 0 Å². The molecule has 6 nitrogen and oxygen atoms in total. The molecule has 0 saturated heterocycles. The van der Waals surface area contributed by atoms with Crippen molar-refractivity contribution >= 4 is 28.5 Å². The smallest absolute Gasteiger partial charge is 0.343 e. The molecule has 0 fully saturated rings. The fourth-order valence-electron chi connectivity index (χ4n) is 3.19. The number of carbonyl (C=O) groups is 2. The van der Waals surface area contributed by atoms with E-state index in [9.17, 15) is 9.59 Å². The van der Waals surface area contributed by atoms with Gasteiger partial charge in [-0.1, -0.05) is 54.6 Å². The molecule has 0 radical (unpaired) electrons. The zero-order valence-corrected chi connectivity index (χ0v) is 15.8. The highest BCUT2D eigenvalue weighted by atomic mass is 16.5. The molecule has 0 aliphatic carbocycles. The maximum absolute atomic E-state index is 13.1. The lowest BCUT2D eigenvalue weighted by Gasteiger charge is -2.12. The van der Waals surface area contributed by atoms with Crippen molar-refractivity contribution < 1.29 is 14.3 Å². The summed E-state index contributed by atoms with van der Waals surface area (Å²) in [4.78, 5) is 25.6. The third-order valence-electron chi connectivity index (χ3n) is 4.53. The minimum absolute atomic E-state index is 0.198. The largest absolute Gasteiger partial charge is 0.462 e. The first-order valence-electron chi connectivity index (χ1n) is 9.28. The summed E-state index contributed by atoms with van der Waals surface area (Å²) in [7, 11) is 0. The highest BCUT2D eigenvalue weighted by molar-refractivity contribution is 6.14. The van der Waals surface area contributed by atoms with Crippen LogP contribution in [0.5, 0.6) is 0 Å². The monoisotopic (exact) mass is 385 g/mol. The van der Waals surface area contributed by atoms with E-state index < -0.39 is 5.97 Å². The number of para-hydroxylation sites is 1. The van der Waals surface area contributed by atoms with E-state index in [1.807, 2.05) is 66.7 Å². The van der Waals surface area contributed by atoms with Gasteiger partial charge in [-0.3, -0.25) is 4.79 Å². The van der Waals surface area contributed by atoms with E-state index in [-0.39, 0.29) is 23.9 Å². The number of nitrogens with zero attached hydrogens (tertiary/aromatic N) is 2. The van der Waals surface area contributed by atoms with E-state index in [1.54, 1.807) is 13.0 Å². The lowest BCUT2D eigenvalue weighted by molar-refractivity contribution is 0.0527. The van der Waals surface area contributed by atoms with Crippen LogP contribution in [0.1, 0.15) is 27.6 Å². The number of hydrogen-bond donors (Lipinski definition) is 1. The Morgan fingerprint density at radius 3 is 2.45 bits per heavy atom. The number of esters is 1. The molecule has 3 aromatic carbocycles. The van der Waals surface area contributed by atoms with Crippen LogP contribution in [0.4, 0.5) is 5.82 Å². The molecule has 0 spiro atoms. The van der Waals surface area contributed by atoms with E-state index in [0.717, 1.165) is 16.5 Å². The summed E-state index contributed by atoms with van der Waals surface area (Å²) >= 11 is 0. The van der Waals surface area contributed by atoms with Gasteiger partial charge in [0.25, 0.3) is 5.91 Å². The van der Waals surface area contributed by atoms with Crippen LogP contribution in [0.25, 0.3) is 16.5 Å². The quantitative estimate of drug-likeness (QED) is 0.515. The summed E-state index contributed by atoms with van der Waals surface area (Å²) < 4.78 is 6.65. The molecular formula is C23H19N3O3. The van der Waals surface area contributed by atoms with E-state index >= 15 is 0 Å². The Bertz CT molecular complexity index is 1180. The fraction of sp³-hybridized carbons (Fsp3) is 0.0870. The summed E-state index contributed by atoms with van der Waals surface area (Å²) in [5.74, 6) is -0.597. The van der Waals surface area contributed by atoms with Crippen LogP contribution < -0.4 is 5.32 Å². The van der Waals surface area contributed by atoms with Crippen LogP contribution in [0.15, 0.2) is 79.0 Å². The summed E-state index contributed by atoms with van der Waals surface area (Å²) in [6.07, 6.45) is 1.41. The molecule has 0 bridgehead atoms. The molecule has 4 aromatic rings. The number of anilines is 1. The van der Waals surface area contributed by atoms with Gasteiger partial charge >= 0.3 is 5.97 Å². The Hall–Kier alpha value is -3.93. The molecule has 1 aromatic heterocycles. The zero-order valence-electron chi connectivity index (χ0n) is 15.8. The Labute approximate surface area is 167 Å². The Morgan fingerprint density at radius 1 is 0.931 bits per heavy atom. The number of hydrogen-bond acceptors (Lipinski definition) is 4. The normalized spacial score (nSPS) is 10.7. The first-order valence-corrected chi connectivity index (χ1v) is 9.28. The van der Waals surface area contributed by atoms with Gasteiger partial charge in [0, 0.05) is 5.56 Å². The lowest BCUT2D eigenvalue weighted by Crippen LogP contribution is -2.18. The number of benzene rings is 3. The number of rotatable bonds is 5. The number of carbonyl (C=O) groups excluding carboxylic acids is 2. The van der Waals surface area contributed by atoms with Gasteiger partial charge in [-0.2, -0.15) is 5.10 Å². The number of fused-ring (bicyclic) bond motifs is 1. The van der Waals surface area contributed by atoms with Gasteiger partial charge in [-0.25, -0.2) is 9.48 Å². The van der Waals surface area contributed by atoms with Gasteiger partial charge in [0.1, 0.15) is 5.56 Å². The minimum atomic E-state index is -0.539. The zero-order chi connectivity index (χ0) is 20.2. The van der Waals surface area contributed by atoms with Gasteiger partial charge < -0.3 is 10.1 Å². The molecule has 144 valence electrons. The standard InChI is InChI=1S/C23H19N3O3/c1-2-29-23(28)20-15-24-26(17-11-4-3-5-12-17)21(20)25-22(27)19-14-8-10-16-9-6-7-13-18(16)19/h3-15H,2H2,1H3,(H,25,27). The van der Waals surface area contributed by atoms with Crippen molar-refractivity contribution in [2.24, 2.45) is 0 Å². The fourth-order valence-corrected chi connectivity index (χ4v) is 3.19. The van der Waals surface area contributed by atoms with Gasteiger partial charge in [0.2, 0.25) is 0 Å². The predicted octanol–water partition coefficient (Wildman–Crippen LogP) is 4.45. The van der Waals surface area contributed by atoms with Gasteiger partial charge in [-0.05, 0) is 35.9 Å². The molecule has 0 aliphatic rings. The molecular weight excluding hydrogens is 366 g/mol. The average molecular weight is 385 g/mol. The van der Waals surface area contributed by atoms with Gasteiger partial charge in [0.15, 0.2) is 5.82 Å². The van der Waals surface area contributed by atoms with Crippen LogP contribution in [-0.4, -0.2) is 28.3 Å². The first-order chi connectivity index (χ1) is 14.2. The van der Waals surface area contributed by atoms with Crippen LogP contribution in [-0.2, 0) is 4.74 Å². The van der Waals surface area contributed by atoms with E-state index in [0.29, 0.717) is 5.56 Å². The maximum atomic E-state index is 13.1.